The molecule has 1 atom stereocenters. The second-order valence-corrected chi connectivity index (χ2v) is 9.70. The van der Waals surface area contributed by atoms with Crippen LogP contribution in [0.4, 0.5) is 23.7 Å². The van der Waals surface area contributed by atoms with E-state index in [-0.39, 0.29) is 18.4 Å². The number of ether oxygens (including phenoxy) is 2. The minimum Gasteiger partial charge on any atom is -0.464 e. The summed E-state index contributed by atoms with van der Waals surface area (Å²) in [5.41, 5.74) is -0.569. The molecule has 2 aliphatic rings. The highest BCUT2D eigenvalue weighted by Gasteiger charge is 2.40. The second kappa shape index (κ2) is 10.4. The summed E-state index contributed by atoms with van der Waals surface area (Å²) in [5.74, 6) is -0.489. The van der Waals surface area contributed by atoms with E-state index < -0.39 is 29.4 Å². The fourth-order valence-electron chi connectivity index (χ4n) is 4.36. The van der Waals surface area contributed by atoms with Gasteiger partial charge in [-0.25, -0.2) is 9.59 Å². The number of hydrogen-bond donors (Lipinski definition) is 0. The minimum atomic E-state index is -4.53. The van der Waals surface area contributed by atoms with Crippen LogP contribution in [0.15, 0.2) is 18.2 Å². The Morgan fingerprint density at radius 2 is 1.74 bits per heavy atom. The molecule has 2 heterocycles. The smallest absolute Gasteiger partial charge is 0.418 e. The lowest BCUT2D eigenvalue weighted by atomic mass is 10.1. The van der Waals surface area contributed by atoms with Gasteiger partial charge in [-0.2, -0.15) is 13.2 Å². The number of halogens is 3. The lowest BCUT2D eigenvalue weighted by molar-refractivity contribution is -0.145. The molecule has 0 bridgehead atoms. The SMILES string of the molecule is CCOC(=O)C1CCCN1c1cc(CN2CCN(C(=O)OC(C)(C)C)CC2)ccc1C(F)(F)F. The summed E-state index contributed by atoms with van der Waals surface area (Å²) in [6.07, 6.45) is -3.80. The molecular weight excluding hydrogens is 451 g/mol. The largest absolute Gasteiger partial charge is 0.464 e. The Morgan fingerprint density at radius 1 is 1.06 bits per heavy atom. The van der Waals surface area contributed by atoms with Crippen molar-refractivity contribution in [1.82, 2.24) is 9.80 Å². The van der Waals surface area contributed by atoms with Crippen LogP contribution in [0.3, 0.4) is 0 Å². The van der Waals surface area contributed by atoms with E-state index in [2.05, 4.69) is 4.90 Å². The predicted molar refractivity (Wildman–Crippen MR) is 122 cm³/mol. The van der Waals surface area contributed by atoms with Gasteiger partial charge in [0.2, 0.25) is 0 Å². The first kappa shape index (κ1) is 26.1. The van der Waals surface area contributed by atoms with Crippen molar-refractivity contribution >= 4 is 17.7 Å². The van der Waals surface area contributed by atoms with Crippen molar-refractivity contribution in [2.75, 3.05) is 44.2 Å². The molecule has 0 spiro atoms. The van der Waals surface area contributed by atoms with Crippen LogP contribution in [0.1, 0.15) is 51.7 Å². The summed E-state index contributed by atoms with van der Waals surface area (Å²) >= 11 is 0. The van der Waals surface area contributed by atoms with E-state index >= 15 is 0 Å². The number of esters is 1. The molecule has 7 nitrogen and oxygen atoms in total. The van der Waals surface area contributed by atoms with Gasteiger partial charge in [0.05, 0.1) is 12.2 Å². The van der Waals surface area contributed by atoms with Gasteiger partial charge in [0.1, 0.15) is 11.6 Å². The molecule has 10 heteroatoms. The Balaban J connectivity index is 1.73. The first-order chi connectivity index (χ1) is 15.9. The molecule has 0 aromatic heterocycles. The average molecular weight is 486 g/mol. The van der Waals surface area contributed by atoms with E-state index in [0.29, 0.717) is 52.1 Å². The standard InChI is InChI=1S/C24H34F3N3O4/c1-5-33-21(31)19-7-6-10-30(19)20-15-17(8-9-18(20)24(25,26)27)16-28-11-13-29(14-12-28)22(32)34-23(2,3)4/h8-9,15,19H,5-7,10-14,16H2,1-4H3. The number of nitrogens with zero attached hydrogens (tertiary/aromatic N) is 3. The van der Waals surface area contributed by atoms with E-state index in [1.165, 1.54) is 11.0 Å². The maximum absolute atomic E-state index is 13.8. The first-order valence-electron chi connectivity index (χ1n) is 11.7. The van der Waals surface area contributed by atoms with Gasteiger partial charge in [-0.3, -0.25) is 4.90 Å². The van der Waals surface area contributed by atoms with Crippen molar-refractivity contribution in [2.24, 2.45) is 0 Å². The van der Waals surface area contributed by atoms with Crippen LogP contribution in [0.25, 0.3) is 0 Å². The number of piperazine rings is 1. The molecule has 0 aliphatic carbocycles. The van der Waals surface area contributed by atoms with Gasteiger partial charge >= 0.3 is 18.2 Å². The Bertz CT molecular complexity index is 877. The summed E-state index contributed by atoms with van der Waals surface area (Å²) < 4.78 is 51.9. The fourth-order valence-corrected chi connectivity index (χ4v) is 4.36. The minimum absolute atomic E-state index is 0.0212. The van der Waals surface area contributed by atoms with Crippen molar-refractivity contribution in [2.45, 2.75) is 64.9 Å². The van der Waals surface area contributed by atoms with Crippen LogP contribution in [0.5, 0.6) is 0 Å². The molecule has 2 saturated heterocycles. The van der Waals surface area contributed by atoms with Crippen LogP contribution in [0, 0.1) is 0 Å². The second-order valence-electron chi connectivity index (χ2n) is 9.70. The molecule has 190 valence electrons. The average Bonchev–Trinajstić information content (AvgIpc) is 3.22. The third kappa shape index (κ3) is 6.55. The highest BCUT2D eigenvalue weighted by atomic mass is 19.4. The molecule has 2 fully saturated rings. The Morgan fingerprint density at radius 3 is 2.32 bits per heavy atom. The normalized spacial score (nSPS) is 19.9. The summed E-state index contributed by atoms with van der Waals surface area (Å²) in [7, 11) is 0. The third-order valence-corrected chi connectivity index (χ3v) is 5.92. The summed E-state index contributed by atoms with van der Waals surface area (Å²) in [5, 5.41) is 0. The topological polar surface area (TPSA) is 62.3 Å². The van der Waals surface area contributed by atoms with Gasteiger partial charge < -0.3 is 19.3 Å². The Hall–Kier alpha value is -2.49. The van der Waals surface area contributed by atoms with Crippen molar-refractivity contribution < 1.29 is 32.2 Å². The van der Waals surface area contributed by atoms with Gasteiger partial charge in [0.15, 0.2) is 0 Å². The van der Waals surface area contributed by atoms with Crippen LogP contribution < -0.4 is 4.90 Å². The van der Waals surface area contributed by atoms with Crippen LogP contribution in [0.2, 0.25) is 0 Å². The monoisotopic (exact) mass is 485 g/mol. The van der Waals surface area contributed by atoms with Crippen molar-refractivity contribution in [3.63, 3.8) is 0 Å². The predicted octanol–water partition coefficient (Wildman–Crippen LogP) is 4.29. The molecule has 0 N–H and O–H groups in total. The number of hydrogen-bond acceptors (Lipinski definition) is 6. The van der Waals surface area contributed by atoms with E-state index in [4.69, 9.17) is 9.47 Å². The van der Waals surface area contributed by atoms with Gasteiger partial charge in [-0.15, -0.1) is 0 Å². The maximum atomic E-state index is 13.8. The van der Waals surface area contributed by atoms with Crippen molar-refractivity contribution in [3.05, 3.63) is 29.3 Å². The third-order valence-electron chi connectivity index (χ3n) is 5.92. The van der Waals surface area contributed by atoms with E-state index in [9.17, 15) is 22.8 Å². The molecule has 1 unspecified atom stereocenters. The van der Waals surface area contributed by atoms with Gasteiger partial charge in [-0.1, -0.05) is 6.07 Å². The number of carbonyl (C=O) groups is 2. The molecule has 1 amide bonds. The van der Waals surface area contributed by atoms with Crippen LogP contribution in [-0.2, 0) is 27.0 Å². The Labute approximate surface area is 198 Å². The highest BCUT2D eigenvalue weighted by Crippen LogP contribution is 2.40. The zero-order valence-corrected chi connectivity index (χ0v) is 20.3. The molecule has 1 aromatic rings. The molecule has 1 aromatic carbocycles. The lowest BCUT2D eigenvalue weighted by Gasteiger charge is -2.36. The van der Waals surface area contributed by atoms with Crippen LogP contribution >= 0.6 is 0 Å². The quantitative estimate of drug-likeness (QED) is 0.580. The van der Waals surface area contributed by atoms with Gasteiger partial charge in [0, 0.05) is 45.0 Å². The lowest BCUT2D eigenvalue weighted by Crippen LogP contribution is -2.49. The molecule has 0 saturated carbocycles. The Kier molecular flexibility index (Phi) is 8.00. The van der Waals surface area contributed by atoms with E-state index in [1.54, 1.807) is 17.9 Å². The molecule has 0 radical (unpaired) electrons. The van der Waals surface area contributed by atoms with Gasteiger partial charge in [0.25, 0.3) is 0 Å². The number of benzene rings is 1. The van der Waals surface area contributed by atoms with Crippen molar-refractivity contribution in [1.29, 1.82) is 0 Å². The number of carbonyl (C=O) groups excluding carboxylic acids is 2. The number of alkyl halides is 3. The van der Waals surface area contributed by atoms with Crippen molar-refractivity contribution in [3.8, 4) is 0 Å². The first-order valence-corrected chi connectivity index (χ1v) is 11.7. The molecule has 3 rings (SSSR count). The van der Waals surface area contributed by atoms with Gasteiger partial charge in [-0.05, 0) is 58.2 Å². The highest BCUT2D eigenvalue weighted by molar-refractivity contribution is 5.81. The van der Waals surface area contributed by atoms with E-state index in [1.807, 2.05) is 20.8 Å². The number of rotatable bonds is 5. The molecular formula is C24H34F3N3O4. The zero-order valence-electron chi connectivity index (χ0n) is 20.3. The summed E-state index contributed by atoms with van der Waals surface area (Å²) in [4.78, 5) is 29.9. The number of amides is 1. The van der Waals surface area contributed by atoms with E-state index in [0.717, 1.165) is 11.6 Å². The summed E-state index contributed by atoms with van der Waals surface area (Å²) in [6, 6.07) is 3.42. The van der Waals surface area contributed by atoms with Crippen LogP contribution in [-0.4, -0.2) is 72.8 Å². The number of anilines is 1. The zero-order chi connectivity index (χ0) is 25.1. The summed E-state index contributed by atoms with van der Waals surface area (Å²) in [6.45, 7) is 10.3. The molecule has 34 heavy (non-hydrogen) atoms. The fraction of sp³-hybridized carbons (Fsp3) is 0.667. The molecule has 2 aliphatic heterocycles. The maximum Gasteiger partial charge on any atom is 0.418 e.